The second kappa shape index (κ2) is 9.31. The van der Waals surface area contributed by atoms with E-state index in [1.165, 1.54) is 6.42 Å². The van der Waals surface area contributed by atoms with E-state index in [9.17, 15) is 14.4 Å². The Bertz CT molecular complexity index is 847. The lowest BCUT2D eigenvalue weighted by molar-refractivity contribution is -0.125. The Morgan fingerprint density at radius 2 is 1.57 bits per heavy atom. The van der Waals surface area contributed by atoms with Crippen molar-refractivity contribution in [1.29, 1.82) is 0 Å². The van der Waals surface area contributed by atoms with E-state index in [0.717, 1.165) is 19.3 Å². The van der Waals surface area contributed by atoms with Crippen LogP contribution < -0.4 is 5.32 Å². The predicted molar refractivity (Wildman–Crippen MR) is 106 cm³/mol. The third kappa shape index (κ3) is 4.85. The maximum absolute atomic E-state index is 12.7. The van der Waals surface area contributed by atoms with Crippen LogP contribution in [-0.4, -0.2) is 30.3 Å². The van der Waals surface area contributed by atoms with Gasteiger partial charge in [-0.15, -0.1) is 0 Å². The molecule has 0 saturated heterocycles. The average molecular weight is 379 g/mol. The van der Waals surface area contributed by atoms with E-state index in [4.69, 9.17) is 4.74 Å². The van der Waals surface area contributed by atoms with Crippen molar-refractivity contribution >= 4 is 17.7 Å². The summed E-state index contributed by atoms with van der Waals surface area (Å²) in [5, 5.41) is 2.96. The molecule has 2 aromatic carbocycles. The molecular weight excluding hydrogens is 354 g/mol. The van der Waals surface area contributed by atoms with E-state index >= 15 is 0 Å². The summed E-state index contributed by atoms with van der Waals surface area (Å²) in [5.41, 5.74) is 0.918. The summed E-state index contributed by atoms with van der Waals surface area (Å²) in [6, 6.07) is 15.4. The van der Waals surface area contributed by atoms with Gasteiger partial charge in [-0.1, -0.05) is 68.3 Å². The normalized spacial score (nSPS) is 18.9. The van der Waals surface area contributed by atoms with Gasteiger partial charge in [0, 0.05) is 17.2 Å². The lowest BCUT2D eigenvalue weighted by atomic mass is 9.86. The van der Waals surface area contributed by atoms with Gasteiger partial charge >= 0.3 is 5.97 Å². The van der Waals surface area contributed by atoms with Gasteiger partial charge in [0.15, 0.2) is 12.4 Å². The van der Waals surface area contributed by atoms with E-state index < -0.39 is 5.97 Å². The second-order valence-corrected chi connectivity index (χ2v) is 7.25. The minimum absolute atomic E-state index is 0.131. The van der Waals surface area contributed by atoms with E-state index in [-0.39, 0.29) is 35.5 Å². The molecule has 0 unspecified atom stereocenters. The SMILES string of the molecule is C[C@H]1CCCC[C@@H]1NC(=O)COC(=O)c1ccccc1C(=O)c1ccccc1. The molecule has 5 heteroatoms. The number of nitrogens with one attached hydrogen (secondary N) is 1. The molecule has 0 aliphatic heterocycles. The van der Waals surface area contributed by atoms with Gasteiger partial charge in [-0.05, 0) is 24.8 Å². The number of carbonyl (C=O) groups is 3. The molecule has 1 N–H and O–H groups in total. The zero-order chi connectivity index (χ0) is 19.9. The number of rotatable bonds is 6. The fourth-order valence-corrected chi connectivity index (χ4v) is 3.59. The van der Waals surface area contributed by atoms with Crippen LogP contribution in [0, 0.1) is 5.92 Å². The average Bonchev–Trinajstić information content (AvgIpc) is 2.74. The van der Waals surface area contributed by atoms with Crippen molar-refractivity contribution in [2.75, 3.05) is 6.61 Å². The molecule has 28 heavy (non-hydrogen) atoms. The zero-order valence-electron chi connectivity index (χ0n) is 16.0. The third-order valence-corrected chi connectivity index (χ3v) is 5.22. The highest BCUT2D eigenvalue weighted by molar-refractivity contribution is 6.14. The van der Waals surface area contributed by atoms with Gasteiger partial charge in [0.1, 0.15) is 0 Å². The van der Waals surface area contributed by atoms with Crippen LogP contribution >= 0.6 is 0 Å². The summed E-state index contributed by atoms with van der Waals surface area (Å²) in [6.45, 7) is 1.78. The third-order valence-electron chi connectivity index (χ3n) is 5.22. The van der Waals surface area contributed by atoms with Crippen molar-refractivity contribution in [3.8, 4) is 0 Å². The van der Waals surface area contributed by atoms with E-state index in [1.54, 1.807) is 48.5 Å². The molecule has 1 saturated carbocycles. The molecule has 2 atom stereocenters. The van der Waals surface area contributed by atoms with Gasteiger partial charge in [0.2, 0.25) is 0 Å². The molecule has 1 fully saturated rings. The highest BCUT2D eigenvalue weighted by atomic mass is 16.5. The van der Waals surface area contributed by atoms with Crippen molar-refractivity contribution in [2.24, 2.45) is 5.92 Å². The number of esters is 1. The maximum Gasteiger partial charge on any atom is 0.339 e. The van der Waals surface area contributed by atoms with Crippen molar-refractivity contribution in [3.63, 3.8) is 0 Å². The van der Waals surface area contributed by atoms with Crippen molar-refractivity contribution in [1.82, 2.24) is 5.32 Å². The Hall–Kier alpha value is -2.95. The maximum atomic E-state index is 12.7. The smallest absolute Gasteiger partial charge is 0.339 e. The Balaban J connectivity index is 1.63. The summed E-state index contributed by atoms with van der Waals surface area (Å²) in [6.07, 6.45) is 4.34. The number of carbonyl (C=O) groups excluding carboxylic acids is 3. The molecule has 0 heterocycles. The molecule has 1 amide bonds. The number of hydrogen-bond donors (Lipinski definition) is 1. The van der Waals surface area contributed by atoms with Crippen LogP contribution in [0.5, 0.6) is 0 Å². The van der Waals surface area contributed by atoms with Gasteiger partial charge in [-0.2, -0.15) is 0 Å². The highest BCUT2D eigenvalue weighted by Crippen LogP contribution is 2.23. The lowest BCUT2D eigenvalue weighted by Crippen LogP contribution is -2.42. The van der Waals surface area contributed by atoms with Crippen molar-refractivity contribution in [2.45, 2.75) is 38.6 Å². The number of ether oxygens (including phenoxy) is 1. The molecule has 2 aromatic rings. The highest BCUT2D eigenvalue weighted by Gasteiger charge is 2.24. The Labute approximate surface area is 165 Å². The van der Waals surface area contributed by atoms with Crippen LogP contribution in [-0.2, 0) is 9.53 Å². The fourth-order valence-electron chi connectivity index (χ4n) is 3.59. The molecule has 1 aliphatic carbocycles. The summed E-state index contributed by atoms with van der Waals surface area (Å²) >= 11 is 0. The standard InChI is InChI=1S/C23H25NO4/c1-16-9-5-8-14-20(16)24-21(25)15-28-23(27)19-13-7-6-12-18(19)22(26)17-10-3-2-4-11-17/h2-4,6-7,10-13,16,20H,5,8-9,14-15H2,1H3,(H,24,25)/t16-,20-/m0/s1. The van der Waals surface area contributed by atoms with Gasteiger partial charge in [0.05, 0.1) is 5.56 Å². The van der Waals surface area contributed by atoms with Crippen LogP contribution in [0.3, 0.4) is 0 Å². The monoisotopic (exact) mass is 379 g/mol. The molecule has 0 bridgehead atoms. The first-order valence-electron chi connectivity index (χ1n) is 9.71. The first-order chi connectivity index (χ1) is 13.6. The molecule has 146 valence electrons. The molecule has 0 radical (unpaired) electrons. The molecule has 0 aromatic heterocycles. The van der Waals surface area contributed by atoms with Gasteiger partial charge in [-0.25, -0.2) is 4.79 Å². The van der Waals surface area contributed by atoms with Gasteiger partial charge in [-0.3, -0.25) is 9.59 Å². The van der Waals surface area contributed by atoms with Crippen LogP contribution in [0.25, 0.3) is 0 Å². The Kier molecular flexibility index (Phi) is 6.58. The van der Waals surface area contributed by atoms with Crippen LogP contribution in [0.1, 0.15) is 58.9 Å². The first-order valence-corrected chi connectivity index (χ1v) is 9.71. The quantitative estimate of drug-likeness (QED) is 0.613. The van der Waals surface area contributed by atoms with E-state index in [0.29, 0.717) is 11.5 Å². The fraction of sp³-hybridized carbons (Fsp3) is 0.348. The van der Waals surface area contributed by atoms with Crippen molar-refractivity contribution in [3.05, 3.63) is 71.3 Å². The molecule has 3 rings (SSSR count). The van der Waals surface area contributed by atoms with Gasteiger partial charge in [0.25, 0.3) is 5.91 Å². The lowest BCUT2D eigenvalue weighted by Gasteiger charge is -2.29. The number of ketones is 1. The topological polar surface area (TPSA) is 72.5 Å². The van der Waals surface area contributed by atoms with Crippen LogP contribution in [0.15, 0.2) is 54.6 Å². The summed E-state index contributed by atoms with van der Waals surface area (Å²) < 4.78 is 5.19. The Morgan fingerprint density at radius 3 is 2.29 bits per heavy atom. The molecule has 5 nitrogen and oxygen atoms in total. The minimum Gasteiger partial charge on any atom is -0.452 e. The number of hydrogen-bond acceptors (Lipinski definition) is 4. The summed E-state index contributed by atoms with van der Waals surface area (Å²) in [5.74, 6) is -0.808. The van der Waals surface area contributed by atoms with Gasteiger partial charge < -0.3 is 10.1 Å². The summed E-state index contributed by atoms with van der Waals surface area (Å²) in [7, 11) is 0. The Morgan fingerprint density at radius 1 is 0.929 bits per heavy atom. The summed E-state index contributed by atoms with van der Waals surface area (Å²) in [4.78, 5) is 37.4. The largest absolute Gasteiger partial charge is 0.452 e. The predicted octanol–water partition coefficient (Wildman–Crippen LogP) is 3.77. The number of amides is 1. The molecule has 1 aliphatic rings. The molecular formula is C23H25NO4. The van der Waals surface area contributed by atoms with E-state index in [1.807, 2.05) is 6.07 Å². The molecule has 0 spiro atoms. The van der Waals surface area contributed by atoms with Crippen molar-refractivity contribution < 1.29 is 19.1 Å². The number of benzene rings is 2. The zero-order valence-corrected chi connectivity index (χ0v) is 16.0. The minimum atomic E-state index is -0.674. The van der Waals surface area contributed by atoms with Crippen LogP contribution in [0.4, 0.5) is 0 Å². The van der Waals surface area contributed by atoms with E-state index in [2.05, 4.69) is 12.2 Å². The first kappa shape index (κ1) is 19.8. The second-order valence-electron chi connectivity index (χ2n) is 7.25. The van der Waals surface area contributed by atoms with Crippen LogP contribution in [0.2, 0.25) is 0 Å².